The van der Waals surface area contributed by atoms with E-state index in [9.17, 15) is 23.1 Å². The van der Waals surface area contributed by atoms with Gasteiger partial charge in [0.2, 0.25) is 0 Å². The molecule has 38 heavy (non-hydrogen) atoms. The Kier molecular flexibility index (Phi) is 9.29. The maximum atomic E-state index is 13.5. The number of nitrogens with zero attached hydrogens (tertiary/aromatic N) is 2. The van der Waals surface area contributed by atoms with E-state index >= 15 is 0 Å². The number of aliphatic hydroxyl groups is 1. The van der Waals surface area contributed by atoms with E-state index in [2.05, 4.69) is 10.6 Å². The Morgan fingerprint density at radius 3 is 2.68 bits per heavy atom. The van der Waals surface area contributed by atoms with Crippen molar-refractivity contribution in [1.29, 1.82) is 0 Å². The summed E-state index contributed by atoms with van der Waals surface area (Å²) in [5.41, 5.74) is 0.689. The number of ether oxygens (including phenoxy) is 1. The van der Waals surface area contributed by atoms with Crippen LogP contribution in [-0.4, -0.2) is 79.6 Å². The first-order valence-corrected chi connectivity index (χ1v) is 15.3. The van der Waals surface area contributed by atoms with E-state index in [0.29, 0.717) is 17.9 Å². The summed E-state index contributed by atoms with van der Waals surface area (Å²) in [4.78, 5) is 27.6. The third-order valence-corrected chi connectivity index (χ3v) is 10.3. The van der Waals surface area contributed by atoms with Crippen molar-refractivity contribution in [3.05, 3.63) is 41.3 Å². The second kappa shape index (κ2) is 12.5. The zero-order valence-electron chi connectivity index (χ0n) is 21.8. The fraction of sp³-hybridized carbons (Fsp3) is 0.538. The summed E-state index contributed by atoms with van der Waals surface area (Å²) in [7, 11) is -2.17. The Balaban J connectivity index is 1.54. The van der Waals surface area contributed by atoms with Crippen molar-refractivity contribution in [2.24, 2.45) is 0 Å². The van der Waals surface area contributed by atoms with E-state index < -0.39 is 22.2 Å². The van der Waals surface area contributed by atoms with Crippen LogP contribution in [-0.2, 0) is 10.0 Å². The largest absolute Gasteiger partial charge is 0.488 e. The minimum absolute atomic E-state index is 0.0823. The molecule has 2 aromatic rings. The summed E-state index contributed by atoms with van der Waals surface area (Å²) in [6, 6.07) is 7.48. The van der Waals surface area contributed by atoms with Gasteiger partial charge in [0, 0.05) is 31.7 Å². The van der Waals surface area contributed by atoms with Crippen molar-refractivity contribution in [3.63, 3.8) is 0 Å². The molecule has 2 heterocycles. The normalized spacial score (nSPS) is 19.7. The predicted octanol–water partition coefficient (Wildman–Crippen LogP) is 3.50. The molecular weight excluding hydrogens is 528 g/mol. The van der Waals surface area contributed by atoms with E-state index in [4.69, 9.17) is 4.74 Å². The predicted molar refractivity (Wildman–Crippen MR) is 146 cm³/mol. The molecule has 2 aliphatic rings. The molecule has 1 fully saturated rings. The third-order valence-electron chi connectivity index (χ3n) is 7.07. The van der Waals surface area contributed by atoms with E-state index in [0.717, 1.165) is 37.0 Å². The number of aliphatic hydroxyl groups excluding tert-OH is 1. The highest BCUT2D eigenvalue weighted by Crippen LogP contribution is 2.30. The minimum Gasteiger partial charge on any atom is -0.488 e. The van der Waals surface area contributed by atoms with Gasteiger partial charge in [0.25, 0.3) is 15.9 Å². The van der Waals surface area contributed by atoms with Gasteiger partial charge in [0.05, 0.1) is 24.8 Å². The molecule has 3 N–H and O–H groups in total. The SMILES string of the molecule is CC(CO)N1CC[C@@H](CN(C)S(=O)(=O)c2cccs2)Oc2ccc(NC(=O)NC3CCCCC3)cc2C1=O. The molecule has 10 nitrogen and oxygen atoms in total. The molecule has 2 atom stereocenters. The summed E-state index contributed by atoms with van der Waals surface area (Å²) in [5.74, 6) is -0.0223. The fourth-order valence-corrected chi connectivity index (χ4v) is 7.25. The number of rotatable bonds is 8. The van der Waals surface area contributed by atoms with Crippen LogP contribution in [0.25, 0.3) is 0 Å². The Labute approximate surface area is 228 Å². The summed E-state index contributed by atoms with van der Waals surface area (Å²) < 4.78 is 33.6. The van der Waals surface area contributed by atoms with Crippen LogP contribution < -0.4 is 15.4 Å². The number of sulfonamides is 1. The summed E-state index contributed by atoms with van der Waals surface area (Å²) in [5, 5.41) is 17.3. The van der Waals surface area contributed by atoms with Crippen LogP contribution in [0.1, 0.15) is 55.8 Å². The lowest BCUT2D eigenvalue weighted by Gasteiger charge is -2.34. The summed E-state index contributed by atoms with van der Waals surface area (Å²) in [6.07, 6.45) is 5.13. The average molecular weight is 565 g/mol. The van der Waals surface area contributed by atoms with Crippen molar-refractivity contribution in [1.82, 2.24) is 14.5 Å². The first-order chi connectivity index (χ1) is 18.2. The molecule has 3 amide bonds. The van der Waals surface area contributed by atoms with Crippen LogP contribution in [0.5, 0.6) is 5.75 Å². The minimum atomic E-state index is -3.67. The van der Waals surface area contributed by atoms with Crippen LogP contribution in [0.4, 0.5) is 10.5 Å². The number of hydrogen-bond acceptors (Lipinski definition) is 7. The number of thiophene rings is 1. The monoisotopic (exact) mass is 564 g/mol. The van der Waals surface area contributed by atoms with Gasteiger partial charge in [-0.05, 0) is 49.4 Å². The van der Waals surface area contributed by atoms with Crippen LogP contribution in [0.2, 0.25) is 0 Å². The second-order valence-electron chi connectivity index (χ2n) is 9.92. The molecule has 1 aliphatic heterocycles. The molecule has 0 saturated heterocycles. The number of hydrogen-bond donors (Lipinski definition) is 3. The highest BCUT2D eigenvalue weighted by Gasteiger charge is 2.32. The van der Waals surface area contributed by atoms with Crippen molar-refractivity contribution >= 4 is 39.0 Å². The van der Waals surface area contributed by atoms with Gasteiger partial charge in [0.1, 0.15) is 16.1 Å². The number of urea groups is 1. The molecule has 1 saturated carbocycles. The van der Waals surface area contributed by atoms with Crippen LogP contribution in [0.3, 0.4) is 0 Å². The zero-order chi connectivity index (χ0) is 27.3. The molecule has 1 aromatic carbocycles. The van der Waals surface area contributed by atoms with Gasteiger partial charge in [-0.1, -0.05) is 25.3 Å². The van der Waals surface area contributed by atoms with E-state index in [1.807, 2.05) is 0 Å². The van der Waals surface area contributed by atoms with Crippen LogP contribution >= 0.6 is 11.3 Å². The number of amides is 3. The van der Waals surface area contributed by atoms with Gasteiger partial charge >= 0.3 is 6.03 Å². The highest BCUT2D eigenvalue weighted by atomic mass is 32.2. The first-order valence-electron chi connectivity index (χ1n) is 13.0. The molecule has 1 aromatic heterocycles. The van der Waals surface area contributed by atoms with Crippen molar-refractivity contribution in [2.45, 2.75) is 67.8 Å². The Morgan fingerprint density at radius 2 is 2.00 bits per heavy atom. The zero-order valence-corrected chi connectivity index (χ0v) is 23.4. The molecule has 12 heteroatoms. The lowest BCUT2D eigenvalue weighted by atomic mass is 9.96. The van der Waals surface area contributed by atoms with Crippen molar-refractivity contribution in [3.8, 4) is 5.75 Å². The molecule has 4 rings (SSSR count). The second-order valence-corrected chi connectivity index (χ2v) is 13.1. The lowest BCUT2D eigenvalue weighted by molar-refractivity contribution is 0.0523. The van der Waals surface area contributed by atoms with E-state index in [-0.39, 0.29) is 47.4 Å². The van der Waals surface area contributed by atoms with Crippen molar-refractivity contribution < 1.29 is 27.9 Å². The number of anilines is 1. The number of nitrogens with one attached hydrogen (secondary N) is 2. The maximum absolute atomic E-state index is 13.5. The maximum Gasteiger partial charge on any atom is 0.319 e. The topological polar surface area (TPSA) is 128 Å². The number of likely N-dealkylation sites (N-methyl/N-ethyl adjacent to an activating group) is 1. The summed E-state index contributed by atoms with van der Waals surface area (Å²) in [6.45, 7) is 1.89. The Bertz CT molecular complexity index is 1210. The van der Waals surface area contributed by atoms with Crippen LogP contribution in [0.15, 0.2) is 39.9 Å². The van der Waals surface area contributed by atoms with Gasteiger partial charge in [-0.15, -0.1) is 11.3 Å². The quantitative estimate of drug-likeness (QED) is 0.450. The Morgan fingerprint density at radius 1 is 1.24 bits per heavy atom. The first kappa shape index (κ1) is 28.3. The molecule has 1 aliphatic carbocycles. The number of carbonyl (C=O) groups excluding carboxylic acids is 2. The van der Waals surface area contributed by atoms with Gasteiger partial charge in [0.15, 0.2) is 0 Å². The van der Waals surface area contributed by atoms with Gasteiger partial charge in [-0.3, -0.25) is 4.79 Å². The molecule has 0 spiro atoms. The lowest BCUT2D eigenvalue weighted by Crippen LogP contribution is -2.46. The molecular formula is C26H36N4O6S2. The molecule has 1 unspecified atom stereocenters. The van der Waals surface area contributed by atoms with Gasteiger partial charge in [-0.25, -0.2) is 13.2 Å². The molecule has 0 bridgehead atoms. The summed E-state index contributed by atoms with van der Waals surface area (Å²) >= 11 is 1.15. The number of fused-ring (bicyclic) bond motifs is 1. The van der Waals surface area contributed by atoms with Crippen LogP contribution in [0, 0.1) is 0 Å². The number of benzene rings is 1. The standard InChI is InChI=1S/C26H36N4O6S2/c1-18(17-31)30-13-12-21(16-29(2)38(34,35)24-9-6-14-37-24)36-23-11-10-20(15-22(23)25(30)32)28-26(33)27-19-7-4-3-5-8-19/h6,9-11,14-15,18-19,21,31H,3-5,7-8,12-13,16-17H2,1-2H3,(H2,27,28,33)/t18?,21-/m0/s1. The fourth-order valence-electron chi connectivity index (χ4n) is 4.85. The third kappa shape index (κ3) is 6.66. The molecule has 0 radical (unpaired) electrons. The van der Waals surface area contributed by atoms with Gasteiger partial charge in [-0.2, -0.15) is 4.31 Å². The average Bonchev–Trinajstić information content (AvgIpc) is 3.45. The van der Waals surface area contributed by atoms with Gasteiger partial charge < -0.3 is 25.4 Å². The van der Waals surface area contributed by atoms with Crippen molar-refractivity contribution in [2.75, 3.05) is 32.1 Å². The smallest absolute Gasteiger partial charge is 0.319 e. The molecule has 208 valence electrons. The van der Waals surface area contributed by atoms with E-state index in [1.165, 1.54) is 17.8 Å². The highest BCUT2D eigenvalue weighted by molar-refractivity contribution is 7.91. The number of carbonyl (C=O) groups is 2. The Hall–Kier alpha value is -2.67. The van der Waals surface area contributed by atoms with E-state index in [1.54, 1.807) is 47.5 Å².